The molecular weight excluding hydrogens is 677 g/mol. The van der Waals surface area contributed by atoms with Crippen LogP contribution in [0.4, 0.5) is 11.4 Å². The number of rotatable bonds is 4. The van der Waals surface area contributed by atoms with Gasteiger partial charge < -0.3 is 9.47 Å². The van der Waals surface area contributed by atoms with E-state index in [1.807, 2.05) is 0 Å². The lowest BCUT2D eigenvalue weighted by atomic mass is 9.89. The second kappa shape index (κ2) is 12.2. The lowest BCUT2D eigenvalue weighted by Crippen LogP contribution is -2.28. The minimum Gasteiger partial charge on any atom is -0.333 e. The third-order valence-corrected chi connectivity index (χ3v) is 12.3. The molecule has 0 N–H and O–H groups in total. The number of anilines is 2. The van der Waals surface area contributed by atoms with E-state index in [2.05, 4.69) is 216 Å². The zero-order chi connectivity index (χ0) is 36.7. The van der Waals surface area contributed by atoms with Crippen LogP contribution in [0.25, 0.3) is 82.1 Å². The number of nitrogens with zero attached hydrogens (tertiary/aromatic N) is 2. The molecule has 0 saturated heterocycles. The van der Waals surface area contributed by atoms with Gasteiger partial charge in [0.1, 0.15) is 0 Å². The van der Waals surface area contributed by atoms with Gasteiger partial charge in [0.25, 0.3) is 0 Å². The van der Waals surface area contributed by atoms with Crippen LogP contribution in [-0.4, -0.2) is 10.6 Å². The van der Waals surface area contributed by atoms with E-state index in [9.17, 15) is 0 Å². The number of hydrogen-bond acceptors (Lipinski definition) is 1. The summed E-state index contributed by atoms with van der Waals surface area (Å²) in [6, 6.07) is 67.6. The summed E-state index contributed by atoms with van der Waals surface area (Å²) < 4.78 is 2.45. The van der Waals surface area contributed by atoms with Gasteiger partial charge in [0.15, 0.2) is 0 Å². The number of benzene rings is 9. The molecule has 2 heterocycles. The van der Waals surface area contributed by atoms with Gasteiger partial charge in [-0.1, -0.05) is 152 Å². The summed E-state index contributed by atoms with van der Waals surface area (Å²) >= 11 is 0. The normalized spacial score (nSPS) is 16.0. The first-order chi connectivity index (χ1) is 27.8. The van der Waals surface area contributed by atoms with Gasteiger partial charge in [0.2, 0.25) is 0 Å². The summed E-state index contributed by atoms with van der Waals surface area (Å²) in [6.07, 6.45) is 9.14. The van der Waals surface area contributed by atoms with Crippen LogP contribution in [0.5, 0.6) is 0 Å². The van der Waals surface area contributed by atoms with Gasteiger partial charge in [-0.25, -0.2) is 0 Å². The third-order valence-electron chi connectivity index (χ3n) is 12.3. The van der Waals surface area contributed by atoms with Crippen molar-refractivity contribution in [2.24, 2.45) is 0 Å². The monoisotopic (exact) mass is 712 g/mol. The summed E-state index contributed by atoms with van der Waals surface area (Å²) in [4.78, 5) is 2.53. The summed E-state index contributed by atoms with van der Waals surface area (Å²) in [6.45, 7) is 0. The molecule has 2 nitrogen and oxygen atoms in total. The Balaban J connectivity index is 0.990. The van der Waals surface area contributed by atoms with E-state index in [4.69, 9.17) is 0 Å². The highest BCUT2D eigenvalue weighted by Crippen LogP contribution is 2.49. The fourth-order valence-electron chi connectivity index (χ4n) is 9.75. The summed E-state index contributed by atoms with van der Waals surface area (Å²) in [5, 5.41) is 10.3. The van der Waals surface area contributed by atoms with Crippen LogP contribution >= 0.6 is 0 Å². The lowest BCUT2D eigenvalue weighted by Gasteiger charge is -2.29. The largest absolute Gasteiger partial charge is 0.333 e. The summed E-state index contributed by atoms with van der Waals surface area (Å²) in [5.74, 6) is 0.280. The molecule has 2 aliphatic rings. The van der Waals surface area contributed by atoms with Crippen molar-refractivity contribution in [1.82, 2.24) is 4.57 Å². The van der Waals surface area contributed by atoms with Crippen molar-refractivity contribution in [1.29, 1.82) is 0 Å². The van der Waals surface area contributed by atoms with Crippen molar-refractivity contribution in [3.63, 3.8) is 0 Å². The molecular formula is C54H36N2. The molecule has 10 aromatic rings. The van der Waals surface area contributed by atoms with E-state index < -0.39 is 0 Å². The first kappa shape index (κ1) is 31.2. The van der Waals surface area contributed by atoms with Crippen molar-refractivity contribution in [3.8, 4) is 27.9 Å². The lowest BCUT2D eigenvalue weighted by molar-refractivity contribution is 0.745. The molecule has 0 saturated carbocycles. The second-order valence-corrected chi connectivity index (χ2v) is 15.3. The van der Waals surface area contributed by atoms with Crippen molar-refractivity contribution >= 4 is 65.5 Å². The highest BCUT2D eigenvalue weighted by atomic mass is 15.2. The molecule has 0 amide bonds. The van der Waals surface area contributed by atoms with E-state index in [0.717, 1.165) is 0 Å². The molecule has 0 radical (unpaired) electrons. The maximum atomic E-state index is 2.53. The van der Waals surface area contributed by atoms with E-state index in [1.165, 1.54) is 99.0 Å². The van der Waals surface area contributed by atoms with E-state index >= 15 is 0 Å². The SMILES string of the molecule is C1=CC2c3cc(-c4ccc5c(c4)c4ccccc4n5-c4ccc5c6ccccc6c6ccccc6c5c4)ccc3N(c3cccc(-c4ccccc4)c3)C2C=C1. The van der Waals surface area contributed by atoms with Crippen LogP contribution in [0, 0.1) is 0 Å². The molecule has 0 fully saturated rings. The fraction of sp³-hybridized carbons (Fsp3) is 0.0370. The van der Waals surface area contributed by atoms with Crippen LogP contribution in [0.2, 0.25) is 0 Å². The molecule has 0 bridgehead atoms. The van der Waals surface area contributed by atoms with Crippen molar-refractivity contribution in [2.75, 3.05) is 4.90 Å². The molecule has 262 valence electrons. The summed E-state index contributed by atoms with van der Waals surface area (Å²) in [7, 11) is 0. The average molecular weight is 713 g/mol. The first-order valence-corrected chi connectivity index (χ1v) is 19.6. The first-order valence-electron chi connectivity index (χ1n) is 19.6. The molecule has 2 unspecified atom stereocenters. The number of hydrogen-bond donors (Lipinski definition) is 0. The Bertz CT molecular complexity index is 3240. The van der Waals surface area contributed by atoms with Gasteiger partial charge in [-0.15, -0.1) is 0 Å². The predicted molar refractivity (Wildman–Crippen MR) is 238 cm³/mol. The Morgan fingerprint density at radius 2 is 0.946 bits per heavy atom. The van der Waals surface area contributed by atoms with Crippen molar-refractivity contribution in [3.05, 3.63) is 212 Å². The Morgan fingerprint density at radius 3 is 1.75 bits per heavy atom. The molecule has 56 heavy (non-hydrogen) atoms. The molecule has 1 aliphatic heterocycles. The minimum atomic E-state index is 0.230. The van der Waals surface area contributed by atoms with Crippen LogP contribution in [0.15, 0.2) is 206 Å². The molecule has 1 aromatic heterocycles. The minimum absolute atomic E-state index is 0.230. The molecule has 2 heteroatoms. The average Bonchev–Trinajstić information content (AvgIpc) is 3.79. The quantitative estimate of drug-likeness (QED) is 0.165. The van der Waals surface area contributed by atoms with Gasteiger partial charge in [-0.05, 0) is 115 Å². The maximum Gasteiger partial charge on any atom is 0.0629 e. The zero-order valence-electron chi connectivity index (χ0n) is 30.7. The molecule has 9 aromatic carbocycles. The van der Waals surface area contributed by atoms with Crippen LogP contribution in [-0.2, 0) is 0 Å². The predicted octanol–water partition coefficient (Wildman–Crippen LogP) is 14.3. The van der Waals surface area contributed by atoms with E-state index in [1.54, 1.807) is 0 Å². The Morgan fingerprint density at radius 1 is 0.339 bits per heavy atom. The van der Waals surface area contributed by atoms with Gasteiger partial charge in [-0.2, -0.15) is 0 Å². The van der Waals surface area contributed by atoms with Crippen molar-refractivity contribution in [2.45, 2.75) is 12.0 Å². The Kier molecular flexibility index (Phi) is 6.79. The van der Waals surface area contributed by atoms with Gasteiger partial charge in [0, 0.05) is 33.8 Å². The number of para-hydroxylation sites is 1. The van der Waals surface area contributed by atoms with Gasteiger partial charge in [0.05, 0.1) is 17.1 Å². The van der Waals surface area contributed by atoms with E-state index in [-0.39, 0.29) is 12.0 Å². The highest BCUT2D eigenvalue weighted by Gasteiger charge is 2.37. The smallest absolute Gasteiger partial charge is 0.0629 e. The number of aromatic nitrogens is 1. The van der Waals surface area contributed by atoms with Crippen LogP contribution in [0.3, 0.4) is 0 Å². The van der Waals surface area contributed by atoms with Gasteiger partial charge >= 0.3 is 0 Å². The van der Waals surface area contributed by atoms with Gasteiger partial charge in [-0.3, -0.25) is 0 Å². The number of allylic oxidation sites excluding steroid dienone is 2. The Labute approximate surface area is 325 Å². The molecule has 12 rings (SSSR count). The van der Waals surface area contributed by atoms with Crippen LogP contribution < -0.4 is 4.90 Å². The fourth-order valence-corrected chi connectivity index (χ4v) is 9.75. The van der Waals surface area contributed by atoms with Crippen LogP contribution in [0.1, 0.15) is 11.5 Å². The highest BCUT2D eigenvalue weighted by molar-refractivity contribution is 6.25. The topological polar surface area (TPSA) is 8.17 Å². The molecule has 0 spiro atoms. The van der Waals surface area contributed by atoms with Crippen molar-refractivity contribution < 1.29 is 0 Å². The summed E-state index contributed by atoms with van der Waals surface area (Å²) in [5.41, 5.74) is 12.4. The standard InChI is InChI=1S/C54H36N2/c1-2-13-35(14-3-1)36-15-12-16-39(31-36)55-51-23-10-8-21-46(51)49-32-37(25-29-53(49)55)38-26-30-54-50(33-38)47-22-9-11-24-52(47)56(54)40-27-28-45-43-19-5-4-17-41(43)42-18-6-7-20-44(42)48(45)34-40/h1-34,46,51H. The third kappa shape index (κ3) is 4.63. The Hall–Kier alpha value is -7.16. The molecule has 2 atom stereocenters. The maximum absolute atomic E-state index is 2.53. The zero-order valence-corrected chi connectivity index (χ0v) is 30.7. The number of fused-ring (bicyclic) bond motifs is 12. The van der Waals surface area contributed by atoms with E-state index in [0.29, 0.717) is 0 Å². The second-order valence-electron chi connectivity index (χ2n) is 15.3. The molecule has 1 aliphatic carbocycles.